The van der Waals surface area contributed by atoms with Gasteiger partial charge in [-0.2, -0.15) is 0 Å². The first-order chi connectivity index (χ1) is 12.8. The molecule has 2 aliphatic heterocycles. The Labute approximate surface area is 163 Å². The van der Waals surface area contributed by atoms with Crippen molar-refractivity contribution in [2.45, 2.75) is 51.4 Å². The van der Waals surface area contributed by atoms with E-state index < -0.39 is 11.7 Å². The topological polar surface area (TPSA) is 90.0 Å². The van der Waals surface area contributed by atoms with E-state index in [4.69, 9.17) is 14.2 Å². The number of rotatable bonds is 4. The van der Waals surface area contributed by atoms with Crippen LogP contribution in [0.2, 0.25) is 0 Å². The molecule has 150 valence electrons. The Morgan fingerprint density at radius 3 is 2.89 bits per heavy atom. The second kappa shape index (κ2) is 8.53. The lowest BCUT2D eigenvalue weighted by Crippen LogP contribution is -2.49. The third-order valence-electron chi connectivity index (χ3n) is 4.24. The Hall–Kier alpha value is -1.71. The Bertz CT molecular complexity index is 666. The number of aromatic nitrogens is 1. The summed E-state index contributed by atoms with van der Waals surface area (Å²) in [7, 11) is 0. The highest BCUT2D eigenvalue weighted by molar-refractivity contribution is 7.13. The van der Waals surface area contributed by atoms with E-state index >= 15 is 0 Å². The molecular formula is C18H27N3O5S. The van der Waals surface area contributed by atoms with Gasteiger partial charge in [-0.1, -0.05) is 0 Å². The largest absolute Gasteiger partial charge is 0.444 e. The van der Waals surface area contributed by atoms with Gasteiger partial charge in [0, 0.05) is 26.2 Å². The molecule has 0 radical (unpaired) electrons. The maximum absolute atomic E-state index is 12.8. The maximum atomic E-state index is 12.8. The molecule has 1 aromatic rings. The molecule has 0 saturated carbocycles. The van der Waals surface area contributed by atoms with Gasteiger partial charge in [-0.05, 0) is 33.6 Å². The minimum absolute atomic E-state index is 0.0204. The molecule has 0 spiro atoms. The van der Waals surface area contributed by atoms with Crippen LogP contribution in [-0.4, -0.2) is 66.4 Å². The molecule has 0 bridgehead atoms. The van der Waals surface area contributed by atoms with Crippen LogP contribution in [0.3, 0.4) is 0 Å². The third kappa shape index (κ3) is 5.63. The van der Waals surface area contributed by atoms with Crippen LogP contribution >= 0.6 is 11.3 Å². The van der Waals surface area contributed by atoms with Gasteiger partial charge in [0.25, 0.3) is 5.91 Å². The fourth-order valence-corrected chi connectivity index (χ4v) is 3.97. The lowest BCUT2D eigenvalue weighted by molar-refractivity contribution is -0.0217. The molecule has 1 aromatic heterocycles. The van der Waals surface area contributed by atoms with Gasteiger partial charge in [0.05, 0.1) is 18.9 Å². The molecule has 3 heterocycles. The SMILES string of the molecule is CC(C)(C)OC(=O)NC[C@@H]1CN(C(=O)c2cnc([C@H]3CCCO3)s2)CCO1. The monoisotopic (exact) mass is 397 g/mol. The summed E-state index contributed by atoms with van der Waals surface area (Å²) >= 11 is 1.40. The van der Waals surface area contributed by atoms with E-state index in [9.17, 15) is 9.59 Å². The van der Waals surface area contributed by atoms with Crippen LogP contribution in [0.4, 0.5) is 4.79 Å². The molecule has 2 aliphatic rings. The highest BCUT2D eigenvalue weighted by atomic mass is 32.1. The highest BCUT2D eigenvalue weighted by Gasteiger charge is 2.28. The minimum atomic E-state index is -0.549. The molecule has 0 unspecified atom stereocenters. The number of carbonyl (C=O) groups is 2. The predicted octanol–water partition coefficient (Wildman–Crippen LogP) is 2.36. The quantitative estimate of drug-likeness (QED) is 0.839. The van der Waals surface area contributed by atoms with Crippen molar-refractivity contribution in [2.75, 3.05) is 32.8 Å². The maximum Gasteiger partial charge on any atom is 0.407 e. The van der Waals surface area contributed by atoms with Crippen molar-refractivity contribution in [2.24, 2.45) is 0 Å². The molecule has 0 aromatic carbocycles. The molecule has 2 fully saturated rings. The van der Waals surface area contributed by atoms with Crippen molar-refractivity contribution in [3.05, 3.63) is 16.1 Å². The number of alkyl carbamates (subject to hydrolysis) is 1. The summed E-state index contributed by atoms with van der Waals surface area (Å²) in [5.41, 5.74) is -0.549. The number of thiazole rings is 1. The molecule has 0 aliphatic carbocycles. The number of nitrogens with zero attached hydrogens (tertiary/aromatic N) is 2. The zero-order chi connectivity index (χ0) is 19.4. The number of hydrogen-bond donors (Lipinski definition) is 1. The van der Waals surface area contributed by atoms with Crippen LogP contribution in [0, 0.1) is 0 Å². The van der Waals surface area contributed by atoms with Crippen molar-refractivity contribution >= 4 is 23.3 Å². The normalized spacial score (nSPS) is 23.3. The van der Waals surface area contributed by atoms with E-state index in [2.05, 4.69) is 10.3 Å². The minimum Gasteiger partial charge on any atom is -0.444 e. The first-order valence-electron chi connectivity index (χ1n) is 9.27. The van der Waals surface area contributed by atoms with E-state index in [1.165, 1.54) is 11.3 Å². The van der Waals surface area contributed by atoms with Crippen molar-refractivity contribution in [1.29, 1.82) is 0 Å². The van der Waals surface area contributed by atoms with Crippen LogP contribution in [0.25, 0.3) is 0 Å². The number of hydrogen-bond acceptors (Lipinski definition) is 7. The van der Waals surface area contributed by atoms with Gasteiger partial charge in [-0.3, -0.25) is 4.79 Å². The lowest BCUT2D eigenvalue weighted by atomic mass is 10.2. The first-order valence-corrected chi connectivity index (χ1v) is 10.1. The second-order valence-corrected chi connectivity index (χ2v) is 8.75. The van der Waals surface area contributed by atoms with Crippen LogP contribution in [0.1, 0.15) is 54.4 Å². The van der Waals surface area contributed by atoms with E-state index in [1.54, 1.807) is 11.1 Å². The van der Waals surface area contributed by atoms with Gasteiger partial charge in [0.2, 0.25) is 0 Å². The molecule has 9 heteroatoms. The van der Waals surface area contributed by atoms with E-state index in [0.29, 0.717) is 31.1 Å². The van der Waals surface area contributed by atoms with Crippen molar-refractivity contribution < 1.29 is 23.8 Å². The zero-order valence-corrected chi connectivity index (χ0v) is 16.8. The molecule has 8 nitrogen and oxygen atoms in total. The summed E-state index contributed by atoms with van der Waals surface area (Å²) in [5, 5.41) is 3.57. The highest BCUT2D eigenvalue weighted by Crippen LogP contribution is 2.31. The average molecular weight is 397 g/mol. The second-order valence-electron chi connectivity index (χ2n) is 7.69. The fraction of sp³-hybridized carbons (Fsp3) is 0.722. The summed E-state index contributed by atoms with van der Waals surface area (Å²) in [6.45, 7) is 7.85. The summed E-state index contributed by atoms with van der Waals surface area (Å²) in [6.07, 6.45) is 2.89. The van der Waals surface area contributed by atoms with Crippen LogP contribution in [-0.2, 0) is 14.2 Å². The Morgan fingerprint density at radius 1 is 1.37 bits per heavy atom. The van der Waals surface area contributed by atoms with Crippen molar-refractivity contribution in [3.63, 3.8) is 0 Å². The average Bonchev–Trinajstić information content (AvgIpc) is 3.29. The van der Waals surface area contributed by atoms with Crippen molar-refractivity contribution in [3.8, 4) is 0 Å². The Morgan fingerprint density at radius 2 is 2.19 bits per heavy atom. The van der Waals surface area contributed by atoms with E-state index in [1.807, 2.05) is 20.8 Å². The smallest absolute Gasteiger partial charge is 0.407 e. The number of amides is 2. The molecule has 2 amide bonds. The third-order valence-corrected chi connectivity index (χ3v) is 5.32. The van der Waals surface area contributed by atoms with Gasteiger partial charge >= 0.3 is 6.09 Å². The summed E-state index contributed by atoms with van der Waals surface area (Å²) in [5.74, 6) is -0.0534. The van der Waals surface area contributed by atoms with Crippen molar-refractivity contribution in [1.82, 2.24) is 15.2 Å². The van der Waals surface area contributed by atoms with E-state index in [0.717, 1.165) is 24.5 Å². The Balaban J connectivity index is 1.51. The first kappa shape index (κ1) is 20.0. The fourth-order valence-electron chi connectivity index (χ4n) is 3.00. The zero-order valence-electron chi connectivity index (χ0n) is 16.0. The van der Waals surface area contributed by atoms with Gasteiger partial charge in [0.1, 0.15) is 21.6 Å². The number of nitrogens with one attached hydrogen (secondary N) is 1. The summed E-state index contributed by atoms with van der Waals surface area (Å²) in [6, 6.07) is 0. The molecule has 3 rings (SSSR count). The molecular weight excluding hydrogens is 370 g/mol. The molecule has 2 saturated heterocycles. The number of ether oxygens (including phenoxy) is 3. The number of morpholine rings is 1. The van der Waals surface area contributed by atoms with Gasteiger partial charge in [-0.15, -0.1) is 11.3 Å². The van der Waals surface area contributed by atoms with Crippen LogP contribution < -0.4 is 5.32 Å². The van der Waals surface area contributed by atoms with Gasteiger partial charge < -0.3 is 24.4 Å². The summed E-state index contributed by atoms with van der Waals surface area (Å²) < 4.78 is 16.5. The standard InChI is InChI=1S/C18H27N3O5S/c1-18(2,3)26-17(23)20-9-12-11-21(6-8-24-12)16(22)14-10-19-15(27-14)13-5-4-7-25-13/h10,12-13H,4-9,11H2,1-3H3,(H,20,23)/t12-,13-/m1/s1. The van der Waals surface area contributed by atoms with Crippen LogP contribution in [0.15, 0.2) is 6.20 Å². The Kier molecular flexibility index (Phi) is 6.33. The van der Waals surface area contributed by atoms with Gasteiger partial charge in [-0.25, -0.2) is 9.78 Å². The van der Waals surface area contributed by atoms with E-state index in [-0.39, 0.29) is 18.1 Å². The van der Waals surface area contributed by atoms with Gasteiger partial charge in [0.15, 0.2) is 0 Å². The lowest BCUT2D eigenvalue weighted by Gasteiger charge is -2.32. The number of carbonyl (C=O) groups excluding carboxylic acids is 2. The predicted molar refractivity (Wildman–Crippen MR) is 99.9 cm³/mol. The molecule has 27 heavy (non-hydrogen) atoms. The summed E-state index contributed by atoms with van der Waals surface area (Å²) in [4.78, 5) is 31.3. The molecule has 1 N–H and O–H groups in total. The molecule has 2 atom stereocenters. The van der Waals surface area contributed by atoms with Crippen LogP contribution in [0.5, 0.6) is 0 Å².